The predicted octanol–water partition coefficient (Wildman–Crippen LogP) is 3.80. The highest BCUT2D eigenvalue weighted by Crippen LogP contribution is 2.31. The Labute approximate surface area is 138 Å². The van der Waals surface area contributed by atoms with Crippen LogP contribution >= 0.6 is 0 Å². The molecule has 2 aromatic carbocycles. The van der Waals surface area contributed by atoms with E-state index in [-0.39, 0.29) is 5.91 Å². The van der Waals surface area contributed by atoms with Crippen molar-refractivity contribution in [2.24, 2.45) is 0 Å². The smallest absolute Gasteiger partial charge is 0.227 e. The predicted molar refractivity (Wildman–Crippen MR) is 95.8 cm³/mol. The number of benzene rings is 2. The SMILES string of the molecule is Cc1ccc(CCC(=O)N2CCCc3c(N)cccc32)c(C)c1. The Morgan fingerprint density at radius 1 is 1.22 bits per heavy atom. The molecule has 23 heavy (non-hydrogen) atoms. The van der Waals surface area contributed by atoms with Gasteiger partial charge in [-0.3, -0.25) is 4.79 Å². The molecule has 2 N–H and O–H groups in total. The standard InChI is InChI=1S/C20H24N2O/c1-14-8-9-16(15(2)13-14)10-11-20(23)22-12-4-5-17-18(21)6-3-7-19(17)22/h3,6-9,13H,4-5,10-12,21H2,1-2H3. The first kappa shape index (κ1) is 15.6. The van der Waals surface area contributed by atoms with Crippen molar-refractivity contribution in [3.05, 3.63) is 58.7 Å². The van der Waals surface area contributed by atoms with Crippen molar-refractivity contribution in [3.8, 4) is 0 Å². The Morgan fingerprint density at radius 3 is 2.83 bits per heavy atom. The second-order valence-corrected chi connectivity index (χ2v) is 6.42. The third-order valence-corrected chi connectivity index (χ3v) is 4.69. The van der Waals surface area contributed by atoms with Crippen molar-refractivity contribution in [2.75, 3.05) is 17.2 Å². The van der Waals surface area contributed by atoms with E-state index >= 15 is 0 Å². The average molecular weight is 308 g/mol. The van der Waals surface area contributed by atoms with Crippen LogP contribution in [0.2, 0.25) is 0 Å². The molecule has 0 aliphatic carbocycles. The fraction of sp³-hybridized carbons (Fsp3) is 0.350. The Morgan fingerprint density at radius 2 is 2.04 bits per heavy atom. The summed E-state index contributed by atoms with van der Waals surface area (Å²) in [5.74, 6) is 0.191. The number of carbonyl (C=O) groups is 1. The van der Waals surface area contributed by atoms with Crippen LogP contribution in [0, 0.1) is 13.8 Å². The minimum atomic E-state index is 0.191. The van der Waals surface area contributed by atoms with Gasteiger partial charge in [0.25, 0.3) is 0 Å². The van der Waals surface area contributed by atoms with Gasteiger partial charge in [0.2, 0.25) is 5.91 Å². The van der Waals surface area contributed by atoms with Gasteiger partial charge in [0.15, 0.2) is 0 Å². The Hall–Kier alpha value is -2.29. The largest absolute Gasteiger partial charge is 0.398 e. The average Bonchev–Trinajstić information content (AvgIpc) is 2.54. The van der Waals surface area contributed by atoms with Crippen LogP contribution in [-0.4, -0.2) is 12.5 Å². The Kier molecular flexibility index (Phi) is 4.37. The molecule has 0 atom stereocenters. The van der Waals surface area contributed by atoms with Crippen LogP contribution in [0.1, 0.15) is 35.1 Å². The number of carbonyl (C=O) groups excluding carboxylic acids is 1. The molecule has 1 aliphatic rings. The monoisotopic (exact) mass is 308 g/mol. The van der Waals surface area contributed by atoms with E-state index in [1.807, 2.05) is 23.1 Å². The highest BCUT2D eigenvalue weighted by atomic mass is 16.2. The number of fused-ring (bicyclic) bond motifs is 1. The summed E-state index contributed by atoms with van der Waals surface area (Å²) in [7, 11) is 0. The summed E-state index contributed by atoms with van der Waals surface area (Å²) in [6.07, 6.45) is 3.27. The molecule has 0 bridgehead atoms. The second-order valence-electron chi connectivity index (χ2n) is 6.42. The summed E-state index contributed by atoms with van der Waals surface area (Å²) < 4.78 is 0. The van der Waals surface area contributed by atoms with Crippen LogP contribution in [0.5, 0.6) is 0 Å². The molecule has 0 radical (unpaired) electrons. The van der Waals surface area contributed by atoms with Crippen molar-refractivity contribution < 1.29 is 4.79 Å². The number of nitrogens with zero attached hydrogens (tertiary/aromatic N) is 1. The Balaban J connectivity index is 1.74. The normalized spacial score (nSPS) is 13.7. The van der Waals surface area contributed by atoms with E-state index in [0.29, 0.717) is 6.42 Å². The number of amides is 1. The summed E-state index contributed by atoms with van der Waals surface area (Å²) in [5.41, 5.74) is 12.8. The number of hydrogen-bond donors (Lipinski definition) is 1. The van der Waals surface area contributed by atoms with Gasteiger partial charge in [-0.05, 0) is 61.9 Å². The van der Waals surface area contributed by atoms with E-state index in [4.69, 9.17) is 5.73 Å². The zero-order valence-electron chi connectivity index (χ0n) is 13.9. The van der Waals surface area contributed by atoms with Crippen LogP contribution in [-0.2, 0) is 17.6 Å². The molecule has 2 aromatic rings. The lowest BCUT2D eigenvalue weighted by Gasteiger charge is -2.30. The molecular formula is C20H24N2O. The molecule has 0 unspecified atom stereocenters. The third-order valence-electron chi connectivity index (χ3n) is 4.69. The van der Waals surface area contributed by atoms with Crippen LogP contribution in [0.25, 0.3) is 0 Å². The zero-order chi connectivity index (χ0) is 16.4. The number of hydrogen-bond acceptors (Lipinski definition) is 2. The number of anilines is 2. The fourth-order valence-electron chi connectivity index (χ4n) is 3.41. The van der Waals surface area contributed by atoms with E-state index in [1.165, 1.54) is 16.7 Å². The molecule has 0 fully saturated rings. The minimum absolute atomic E-state index is 0.191. The maximum absolute atomic E-state index is 12.7. The highest BCUT2D eigenvalue weighted by molar-refractivity contribution is 5.95. The van der Waals surface area contributed by atoms with Crippen LogP contribution in [0.4, 0.5) is 11.4 Å². The number of rotatable bonds is 3. The van der Waals surface area contributed by atoms with Gasteiger partial charge in [0.1, 0.15) is 0 Å². The van der Waals surface area contributed by atoms with Gasteiger partial charge in [-0.25, -0.2) is 0 Å². The molecule has 120 valence electrons. The van der Waals surface area contributed by atoms with Gasteiger partial charge in [-0.15, -0.1) is 0 Å². The van der Waals surface area contributed by atoms with E-state index in [2.05, 4.69) is 32.0 Å². The van der Waals surface area contributed by atoms with Crippen molar-refractivity contribution in [1.82, 2.24) is 0 Å². The summed E-state index contributed by atoms with van der Waals surface area (Å²) >= 11 is 0. The second kappa shape index (κ2) is 6.45. The molecule has 3 rings (SSSR count). The van der Waals surface area contributed by atoms with Gasteiger partial charge in [-0.2, -0.15) is 0 Å². The first-order valence-corrected chi connectivity index (χ1v) is 8.30. The maximum atomic E-state index is 12.7. The van der Waals surface area contributed by atoms with Crippen molar-refractivity contribution in [1.29, 1.82) is 0 Å². The first-order valence-electron chi connectivity index (χ1n) is 8.30. The molecule has 0 saturated heterocycles. The molecule has 1 aliphatic heterocycles. The van der Waals surface area contributed by atoms with Crippen LogP contribution < -0.4 is 10.6 Å². The quantitative estimate of drug-likeness (QED) is 0.877. The fourth-order valence-corrected chi connectivity index (χ4v) is 3.41. The van der Waals surface area contributed by atoms with E-state index < -0.39 is 0 Å². The molecule has 1 amide bonds. The third kappa shape index (κ3) is 3.24. The summed E-state index contributed by atoms with van der Waals surface area (Å²) in [5, 5.41) is 0. The summed E-state index contributed by atoms with van der Waals surface area (Å²) in [6, 6.07) is 12.3. The van der Waals surface area contributed by atoms with Crippen LogP contribution in [0.15, 0.2) is 36.4 Å². The topological polar surface area (TPSA) is 46.3 Å². The zero-order valence-corrected chi connectivity index (χ0v) is 13.9. The molecule has 3 heteroatoms. The van der Waals surface area contributed by atoms with Gasteiger partial charge in [-0.1, -0.05) is 29.8 Å². The van der Waals surface area contributed by atoms with E-state index in [0.717, 1.165) is 42.7 Å². The molecule has 0 spiro atoms. The van der Waals surface area contributed by atoms with Gasteiger partial charge >= 0.3 is 0 Å². The van der Waals surface area contributed by atoms with E-state index in [1.54, 1.807) is 0 Å². The number of aryl methyl sites for hydroxylation is 3. The van der Waals surface area contributed by atoms with Gasteiger partial charge in [0, 0.05) is 24.3 Å². The lowest BCUT2D eigenvalue weighted by atomic mass is 9.98. The first-order chi connectivity index (χ1) is 11.1. The minimum Gasteiger partial charge on any atom is -0.398 e. The van der Waals surface area contributed by atoms with Crippen molar-refractivity contribution in [2.45, 2.75) is 39.5 Å². The maximum Gasteiger partial charge on any atom is 0.227 e. The van der Waals surface area contributed by atoms with Crippen LogP contribution in [0.3, 0.4) is 0 Å². The van der Waals surface area contributed by atoms with Crippen molar-refractivity contribution >= 4 is 17.3 Å². The van der Waals surface area contributed by atoms with Crippen molar-refractivity contribution in [3.63, 3.8) is 0 Å². The number of nitrogen functional groups attached to an aromatic ring is 1. The van der Waals surface area contributed by atoms with E-state index in [9.17, 15) is 4.79 Å². The summed E-state index contributed by atoms with van der Waals surface area (Å²) in [4.78, 5) is 14.6. The van der Waals surface area contributed by atoms with Gasteiger partial charge in [0.05, 0.1) is 0 Å². The van der Waals surface area contributed by atoms with Gasteiger partial charge < -0.3 is 10.6 Å². The molecule has 1 heterocycles. The highest BCUT2D eigenvalue weighted by Gasteiger charge is 2.23. The lowest BCUT2D eigenvalue weighted by molar-refractivity contribution is -0.118. The lowest BCUT2D eigenvalue weighted by Crippen LogP contribution is -2.35. The Bertz CT molecular complexity index is 736. The molecular weight excluding hydrogens is 284 g/mol. The number of nitrogens with two attached hydrogens (primary N) is 1. The summed E-state index contributed by atoms with van der Waals surface area (Å²) in [6.45, 7) is 5.00. The molecule has 0 saturated carbocycles. The molecule has 0 aromatic heterocycles. The molecule has 3 nitrogen and oxygen atoms in total.